The first kappa shape index (κ1) is 23.7. The number of aliphatic imine (C=N–C) groups is 1. The van der Waals surface area contributed by atoms with Gasteiger partial charge in [0, 0.05) is 39.0 Å². The van der Waals surface area contributed by atoms with Crippen LogP contribution in [0.3, 0.4) is 0 Å². The third-order valence-corrected chi connectivity index (χ3v) is 5.08. The summed E-state index contributed by atoms with van der Waals surface area (Å²) in [4.78, 5) is 11.4. The van der Waals surface area contributed by atoms with Gasteiger partial charge in [-0.3, -0.25) is 4.99 Å². The number of ether oxygens (including phenoxy) is 1. The molecule has 0 spiro atoms. The van der Waals surface area contributed by atoms with Gasteiger partial charge in [0.2, 0.25) is 0 Å². The summed E-state index contributed by atoms with van der Waals surface area (Å²) in [7, 11) is 1.72. The molecule has 29 heavy (non-hydrogen) atoms. The number of hydrogen-bond donors (Lipinski definition) is 2. The van der Waals surface area contributed by atoms with E-state index < -0.39 is 0 Å². The van der Waals surface area contributed by atoms with Crippen molar-refractivity contribution in [2.75, 3.05) is 38.2 Å². The Hall–Kier alpha value is -1.58. The Kier molecular flexibility index (Phi) is 9.96. The average Bonchev–Trinajstić information content (AvgIpc) is 3.18. The summed E-state index contributed by atoms with van der Waals surface area (Å²) < 4.78 is 5.63. The molecule has 0 radical (unpaired) electrons. The maximum atomic E-state index is 6.29. The van der Waals surface area contributed by atoms with Gasteiger partial charge in [0.15, 0.2) is 5.96 Å². The van der Waals surface area contributed by atoms with E-state index >= 15 is 0 Å². The zero-order chi connectivity index (χ0) is 19.8. The fourth-order valence-electron chi connectivity index (χ4n) is 3.35. The highest BCUT2D eigenvalue weighted by Crippen LogP contribution is 2.25. The first-order valence-corrected chi connectivity index (χ1v) is 10.1. The van der Waals surface area contributed by atoms with Crippen molar-refractivity contribution in [2.24, 2.45) is 4.99 Å². The van der Waals surface area contributed by atoms with E-state index in [1.807, 2.05) is 30.3 Å². The minimum absolute atomic E-state index is 0. The van der Waals surface area contributed by atoms with Gasteiger partial charge in [-0.2, -0.15) is 0 Å². The largest absolute Gasteiger partial charge is 0.375 e. The predicted octanol–water partition coefficient (Wildman–Crippen LogP) is 3.87. The Morgan fingerprint density at radius 1 is 1.31 bits per heavy atom. The highest BCUT2D eigenvalue weighted by Gasteiger charge is 2.25. The van der Waals surface area contributed by atoms with Crippen molar-refractivity contribution in [1.82, 2.24) is 15.6 Å². The highest BCUT2D eigenvalue weighted by molar-refractivity contribution is 14.0. The molecule has 0 bridgehead atoms. The van der Waals surface area contributed by atoms with Crippen molar-refractivity contribution in [2.45, 2.75) is 25.5 Å². The highest BCUT2D eigenvalue weighted by atomic mass is 127. The second-order valence-electron chi connectivity index (χ2n) is 6.74. The van der Waals surface area contributed by atoms with Crippen LogP contribution in [0, 0.1) is 0 Å². The molecule has 1 aromatic heterocycles. The van der Waals surface area contributed by atoms with Crippen LogP contribution < -0.4 is 15.5 Å². The molecule has 1 fully saturated rings. The predicted molar refractivity (Wildman–Crippen MR) is 131 cm³/mol. The lowest BCUT2D eigenvalue weighted by atomic mass is 10.1. The van der Waals surface area contributed by atoms with Gasteiger partial charge in [0.1, 0.15) is 11.9 Å². The first-order valence-electron chi connectivity index (χ1n) is 9.69. The lowest BCUT2D eigenvalue weighted by Gasteiger charge is -2.21. The van der Waals surface area contributed by atoms with Gasteiger partial charge in [0.05, 0.1) is 11.6 Å². The Balaban J connectivity index is 0.00000300. The number of nitrogens with zero attached hydrogens (tertiary/aromatic N) is 3. The lowest BCUT2D eigenvalue weighted by Crippen LogP contribution is -2.45. The number of halogens is 2. The van der Waals surface area contributed by atoms with E-state index in [1.54, 1.807) is 13.3 Å². The molecular weight excluding hydrogens is 501 g/mol. The van der Waals surface area contributed by atoms with Crippen LogP contribution in [0.25, 0.3) is 0 Å². The van der Waals surface area contributed by atoms with Crippen LogP contribution in [0.2, 0.25) is 5.02 Å². The number of benzene rings is 1. The number of rotatable bonds is 7. The van der Waals surface area contributed by atoms with E-state index in [4.69, 9.17) is 21.3 Å². The number of anilines is 1. The average molecular weight is 530 g/mol. The molecule has 158 valence electrons. The zero-order valence-electron chi connectivity index (χ0n) is 16.8. The van der Waals surface area contributed by atoms with Gasteiger partial charge in [-0.1, -0.05) is 41.9 Å². The van der Waals surface area contributed by atoms with Crippen molar-refractivity contribution in [3.05, 3.63) is 59.2 Å². The summed E-state index contributed by atoms with van der Waals surface area (Å²) in [6, 6.07) is 14.2. The van der Waals surface area contributed by atoms with Gasteiger partial charge in [-0.25, -0.2) is 4.98 Å². The molecule has 1 aliphatic rings. The molecule has 1 aromatic carbocycles. The minimum atomic E-state index is -0.0657. The molecule has 0 aliphatic carbocycles. The van der Waals surface area contributed by atoms with Crippen LogP contribution in [0.4, 0.5) is 5.82 Å². The normalized spacial score (nSPS) is 17.6. The maximum Gasteiger partial charge on any atom is 0.191 e. The molecule has 3 rings (SSSR count). The Morgan fingerprint density at radius 2 is 2.10 bits per heavy atom. The SMILES string of the molecule is CCNC(=NCC(OC)c1ccccc1)NC1CCN(c2ncccc2Cl)C1.I. The van der Waals surface area contributed by atoms with Gasteiger partial charge in [-0.05, 0) is 31.0 Å². The molecule has 2 aromatic rings. The van der Waals surface area contributed by atoms with Crippen molar-refractivity contribution >= 4 is 47.4 Å². The minimum Gasteiger partial charge on any atom is -0.375 e. The quantitative estimate of drug-likeness (QED) is 0.324. The third-order valence-electron chi connectivity index (χ3n) is 4.78. The topological polar surface area (TPSA) is 61.8 Å². The van der Waals surface area contributed by atoms with Crippen LogP contribution in [-0.4, -0.2) is 50.3 Å². The van der Waals surface area contributed by atoms with Gasteiger partial charge in [-0.15, -0.1) is 24.0 Å². The van der Waals surface area contributed by atoms with Gasteiger partial charge >= 0.3 is 0 Å². The number of nitrogens with one attached hydrogen (secondary N) is 2. The van der Waals surface area contributed by atoms with Crippen molar-refractivity contribution < 1.29 is 4.74 Å². The molecule has 1 saturated heterocycles. The van der Waals surface area contributed by atoms with E-state index in [2.05, 4.69) is 39.6 Å². The Bertz CT molecular complexity index is 777. The van der Waals surface area contributed by atoms with Crippen LogP contribution in [0.5, 0.6) is 0 Å². The summed E-state index contributed by atoms with van der Waals surface area (Å²) in [6.07, 6.45) is 2.72. The maximum absolute atomic E-state index is 6.29. The van der Waals surface area contributed by atoms with Gasteiger partial charge in [0.25, 0.3) is 0 Å². The van der Waals surface area contributed by atoms with Gasteiger partial charge < -0.3 is 20.3 Å². The standard InChI is InChI=1S/C21H28ClN5O.HI/c1-3-23-21(25-14-19(28-2)16-8-5-4-6-9-16)26-17-11-13-27(15-17)20-18(22)10-7-12-24-20;/h4-10,12,17,19H,3,11,13-15H2,1-2H3,(H2,23,25,26);1H. The van der Waals surface area contributed by atoms with E-state index in [-0.39, 0.29) is 36.1 Å². The Labute approximate surface area is 195 Å². The molecule has 2 heterocycles. The molecule has 0 saturated carbocycles. The van der Waals surface area contributed by atoms with Crippen LogP contribution in [0.1, 0.15) is 25.0 Å². The number of methoxy groups -OCH3 is 1. The van der Waals surface area contributed by atoms with E-state index in [1.165, 1.54) is 0 Å². The second kappa shape index (κ2) is 12.2. The molecule has 0 amide bonds. The van der Waals surface area contributed by atoms with Crippen LogP contribution in [-0.2, 0) is 4.74 Å². The fraction of sp³-hybridized carbons (Fsp3) is 0.429. The smallest absolute Gasteiger partial charge is 0.191 e. The summed E-state index contributed by atoms with van der Waals surface area (Å²) in [5, 5.41) is 7.56. The molecule has 1 aliphatic heterocycles. The summed E-state index contributed by atoms with van der Waals surface area (Å²) in [6.45, 7) is 5.18. The summed E-state index contributed by atoms with van der Waals surface area (Å²) >= 11 is 6.29. The lowest BCUT2D eigenvalue weighted by molar-refractivity contribution is 0.111. The van der Waals surface area contributed by atoms with Crippen LogP contribution in [0.15, 0.2) is 53.7 Å². The molecular formula is C21H29ClIN5O. The summed E-state index contributed by atoms with van der Waals surface area (Å²) in [5.41, 5.74) is 1.13. The zero-order valence-corrected chi connectivity index (χ0v) is 19.9. The first-order chi connectivity index (χ1) is 13.7. The van der Waals surface area contributed by atoms with E-state index in [0.717, 1.165) is 43.4 Å². The molecule has 2 unspecified atom stereocenters. The van der Waals surface area contributed by atoms with E-state index in [0.29, 0.717) is 11.6 Å². The number of aromatic nitrogens is 1. The number of pyridine rings is 1. The monoisotopic (exact) mass is 529 g/mol. The molecule has 2 atom stereocenters. The molecule has 2 N–H and O–H groups in total. The Morgan fingerprint density at radius 3 is 2.79 bits per heavy atom. The van der Waals surface area contributed by atoms with Crippen molar-refractivity contribution in [1.29, 1.82) is 0 Å². The summed E-state index contributed by atoms with van der Waals surface area (Å²) in [5.74, 6) is 1.65. The second-order valence-corrected chi connectivity index (χ2v) is 7.15. The third kappa shape index (κ3) is 6.72. The fourth-order valence-corrected chi connectivity index (χ4v) is 3.59. The van der Waals surface area contributed by atoms with Crippen LogP contribution >= 0.6 is 35.6 Å². The molecule has 8 heteroatoms. The van der Waals surface area contributed by atoms with Crippen molar-refractivity contribution in [3.8, 4) is 0 Å². The number of guanidine groups is 1. The number of hydrogen-bond acceptors (Lipinski definition) is 4. The molecule has 6 nitrogen and oxygen atoms in total. The van der Waals surface area contributed by atoms with Crippen molar-refractivity contribution in [3.63, 3.8) is 0 Å². The van der Waals surface area contributed by atoms with E-state index in [9.17, 15) is 0 Å².